The highest BCUT2D eigenvalue weighted by atomic mass is 32.2. The predicted molar refractivity (Wildman–Crippen MR) is 53.2 cm³/mol. The van der Waals surface area contributed by atoms with E-state index in [2.05, 4.69) is 18.0 Å². The van der Waals surface area contributed by atoms with Gasteiger partial charge in [0.05, 0.1) is 12.1 Å². The zero-order valence-corrected chi connectivity index (χ0v) is 8.60. The van der Waals surface area contributed by atoms with Gasteiger partial charge >= 0.3 is 0 Å². The van der Waals surface area contributed by atoms with E-state index in [1.165, 1.54) is 24.3 Å². The fourth-order valence-electron chi connectivity index (χ4n) is 1.45. The molecule has 0 bridgehead atoms. The molecule has 1 aliphatic rings. The Labute approximate surface area is 78.9 Å². The molecule has 0 N–H and O–H groups in total. The van der Waals surface area contributed by atoms with E-state index in [-0.39, 0.29) is 6.04 Å². The van der Waals surface area contributed by atoms with Crippen molar-refractivity contribution in [2.24, 2.45) is 0 Å². The largest absolute Gasteiger partial charge is 0.288 e. The van der Waals surface area contributed by atoms with E-state index < -0.39 is 0 Å². The van der Waals surface area contributed by atoms with Gasteiger partial charge in [-0.25, -0.2) is 0 Å². The van der Waals surface area contributed by atoms with E-state index in [0.29, 0.717) is 6.04 Å². The summed E-state index contributed by atoms with van der Waals surface area (Å²) in [4.78, 5) is 2.20. The molecule has 0 radical (unpaired) electrons. The van der Waals surface area contributed by atoms with Crippen molar-refractivity contribution in [1.29, 1.82) is 5.26 Å². The van der Waals surface area contributed by atoms with Crippen LogP contribution in [0.3, 0.4) is 0 Å². The van der Waals surface area contributed by atoms with Gasteiger partial charge in [-0.05, 0) is 32.6 Å². The van der Waals surface area contributed by atoms with Crippen molar-refractivity contribution in [2.75, 3.05) is 18.6 Å². The van der Waals surface area contributed by atoms with Crippen molar-refractivity contribution in [2.45, 2.75) is 31.8 Å². The molecule has 1 aliphatic heterocycles. The number of thioether (sulfide) groups is 1. The average molecular weight is 184 g/mol. The van der Waals surface area contributed by atoms with Gasteiger partial charge in [0.2, 0.25) is 0 Å². The van der Waals surface area contributed by atoms with Crippen molar-refractivity contribution in [3.05, 3.63) is 0 Å². The Morgan fingerprint density at radius 2 is 2.42 bits per heavy atom. The van der Waals surface area contributed by atoms with Gasteiger partial charge in [-0.3, -0.25) is 4.90 Å². The fourth-order valence-corrected chi connectivity index (χ4v) is 2.66. The molecule has 0 aliphatic carbocycles. The maximum atomic E-state index is 8.74. The van der Waals surface area contributed by atoms with E-state index in [4.69, 9.17) is 5.26 Å². The van der Waals surface area contributed by atoms with Crippen LogP contribution in [0.25, 0.3) is 0 Å². The van der Waals surface area contributed by atoms with Gasteiger partial charge in [0.15, 0.2) is 0 Å². The third kappa shape index (κ3) is 2.40. The first-order valence-corrected chi connectivity index (χ1v) is 5.60. The summed E-state index contributed by atoms with van der Waals surface area (Å²) in [7, 11) is 2.06. The molecule has 1 fully saturated rings. The number of nitrogens with zero attached hydrogens (tertiary/aromatic N) is 2. The molecule has 0 saturated carbocycles. The second-order valence-electron chi connectivity index (χ2n) is 3.34. The van der Waals surface area contributed by atoms with Gasteiger partial charge in [-0.2, -0.15) is 17.0 Å². The molecule has 2 atom stereocenters. The second-order valence-corrected chi connectivity index (χ2v) is 4.49. The maximum Gasteiger partial charge on any atom is 0.0949 e. The number of nitriles is 1. The van der Waals surface area contributed by atoms with Crippen LogP contribution in [0, 0.1) is 11.3 Å². The van der Waals surface area contributed by atoms with Crippen molar-refractivity contribution in [3.63, 3.8) is 0 Å². The molecule has 1 heterocycles. The highest BCUT2D eigenvalue weighted by Crippen LogP contribution is 2.21. The van der Waals surface area contributed by atoms with Crippen LogP contribution in [0.15, 0.2) is 0 Å². The predicted octanol–water partition coefficient (Wildman–Crippen LogP) is 1.73. The van der Waals surface area contributed by atoms with Crippen LogP contribution in [0.1, 0.15) is 19.8 Å². The molecule has 1 saturated heterocycles. The summed E-state index contributed by atoms with van der Waals surface area (Å²) in [6, 6.07) is 2.97. The normalized spacial score (nSPS) is 26.7. The van der Waals surface area contributed by atoms with E-state index >= 15 is 0 Å². The first-order valence-electron chi connectivity index (χ1n) is 4.45. The Bertz CT molecular complexity index is 170. The van der Waals surface area contributed by atoms with Gasteiger partial charge < -0.3 is 0 Å². The van der Waals surface area contributed by atoms with Crippen molar-refractivity contribution in [1.82, 2.24) is 4.90 Å². The maximum absolute atomic E-state index is 8.74. The summed E-state index contributed by atoms with van der Waals surface area (Å²) in [5.74, 6) is 2.49. The van der Waals surface area contributed by atoms with Crippen LogP contribution in [-0.2, 0) is 0 Å². The SMILES string of the molecule is CC(C#N)N(C)C1CCCSC1. The highest BCUT2D eigenvalue weighted by molar-refractivity contribution is 7.99. The van der Waals surface area contributed by atoms with Crippen molar-refractivity contribution >= 4 is 11.8 Å². The van der Waals surface area contributed by atoms with Gasteiger partial charge in [0.25, 0.3) is 0 Å². The zero-order valence-electron chi connectivity index (χ0n) is 7.79. The molecule has 0 aromatic heterocycles. The molecule has 0 spiro atoms. The summed E-state index contributed by atoms with van der Waals surface area (Å²) in [5.41, 5.74) is 0. The van der Waals surface area contributed by atoms with Crippen LogP contribution in [-0.4, -0.2) is 35.5 Å². The third-order valence-electron chi connectivity index (χ3n) is 2.51. The molecule has 2 unspecified atom stereocenters. The molecule has 3 heteroatoms. The third-order valence-corrected chi connectivity index (χ3v) is 3.71. The lowest BCUT2D eigenvalue weighted by Crippen LogP contribution is -2.40. The summed E-state index contributed by atoms with van der Waals surface area (Å²) < 4.78 is 0. The minimum absolute atomic E-state index is 0.0636. The lowest BCUT2D eigenvalue weighted by atomic mass is 10.1. The minimum atomic E-state index is 0.0636. The molecule has 0 amide bonds. The first kappa shape index (κ1) is 9.88. The molecule has 0 aromatic rings. The smallest absolute Gasteiger partial charge is 0.0949 e. The van der Waals surface area contributed by atoms with Crippen LogP contribution >= 0.6 is 11.8 Å². The molecule has 2 nitrogen and oxygen atoms in total. The van der Waals surface area contributed by atoms with Gasteiger partial charge in [-0.15, -0.1) is 0 Å². The van der Waals surface area contributed by atoms with Crippen molar-refractivity contribution in [3.8, 4) is 6.07 Å². The zero-order chi connectivity index (χ0) is 8.97. The molecular formula is C9H16N2S. The van der Waals surface area contributed by atoms with Gasteiger partial charge in [0, 0.05) is 11.8 Å². The van der Waals surface area contributed by atoms with Crippen LogP contribution in [0.4, 0.5) is 0 Å². The quantitative estimate of drug-likeness (QED) is 0.654. The highest BCUT2D eigenvalue weighted by Gasteiger charge is 2.21. The molecule has 1 rings (SSSR count). The summed E-state index contributed by atoms with van der Waals surface area (Å²) in [5, 5.41) is 8.74. The van der Waals surface area contributed by atoms with Crippen LogP contribution in [0.2, 0.25) is 0 Å². The average Bonchev–Trinajstić information content (AvgIpc) is 2.17. The number of hydrogen-bond acceptors (Lipinski definition) is 3. The Hall–Kier alpha value is -0.200. The Morgan fingerprint density at radius 1 is 1.67 bits per heavy atom. The Balaban J connectivity index is 2.40. The Morgan fingerprint density at radius 3 is 2.92 bits per heavy atom. The molecule has 68 valence electrons. The summed E-state index contributed by atoms with van der Waals surface area (Å²) in [6.07, 6.45) is 2.56. The lowest BCUT2D eigenvalue weighted by molar-refractivity contribution is 0.221. The molecule has 0 aromatic carbocycles. The fraction of sp³-hybridized carbons (Fsp3) is 0.889. The van der Waals surface area contributed by atoms with Crippen molar-refractivity contribution < 1.29 is 0 Å². The summed E-state index contributed by atoms with van der Waals surface area (Å²) >= 11 is 2.01. The van der Waals surface area contributed by atoms with E-state index in [9.17, 15) is 0 Å². The Kier molecular flexibility index (Phi) is 3.90. The van der Waals surface area contributed by atoms with E-state index in [0.717, 1.165) is 0 Å². The van der Waals surface area contributed by atoms with Crippen LogP contribution < -0.4 is 0 Å². The van der Waals surface area contributed by atoms with E-state index in [1.54, 1.807) is 0 Å². The second kappa shape index (κ2) is 4.74. The topological polar surface area (TPSA) is 27.0 Å². The van der Waals surface area contributed by atoms with Gasteiger partial charge in [-0.1, -0.05) is 0 Å². The standard InChI is InChI=1S/C9H16N2S/c1-8(6-10)11(2)9-4-3-5-12-7-9/h8-9H,3-5,7H2,1-2H3. The monoisotopic (exact) mass is 184 g/mol. The van der Waals surface area contributed by atoms with E-state index in [1.807, 2.05) is 18.7 Å². The lowest BCUT2D eigenvalue weighted by Gasteiger charge is -2.32. The number of hydrogen-bond donors (Lipinski definition) is 0. The number of rotatable bonds is 2. The molecular weight excluding hydrogens is 168 g/mol. The summed E-state index contributed by atoms with van der Waals surface area (Å²) in [6.45, 7) is 1.97. The van der Waals surface area contributed by atoms with Gasteiger partial charge in [0.1, 0.15) is 0 Å². The minimum Gasteiger partial charge on any atom is -0.288 e. The molecule has 12 heavy (non-hydrogen) atoms. The van der Waals surface area contributed by atoms with Crippen LogP contribution in [0.5, 0.6) is 0 Å². The first-order chi connectivity index (χ1) is 5.75.